The Labute approximate surface area is 118 Å². The van der Waals surface area contributed by atoms with Crippen LogP contribution in [0.5, 0.6) is 0 Å². The first-order valence-corrected chi connectivity index (χ1v) is 9.37. The summed E-state index contributed by atoms with van der Waals surface area (Å²) in [6.07, 6.45) is 7.69. The van der Waals surface area contributed by atoms with Crippen molar-refractivity contribution in [3.05, 3.63) is 0 Å². The molecule has 0 aliphatic heterocycles. The molecule has 0 unspecified atom stereocenters. The average Bonchev–Trinajstić information content (AvgIpc) is 2.86. The van der Waals surface area contributed by atoms with E-state index in [-0.39, 0.29) is 11.2 Å². The lowest BCUT2D eigenvalue weighted by atomic mass is 9.84. The molecule has 0 saturated heterocycles. The fraction of sp³-hybridized carbons (Fsp3) is 1.00. The molecule has 0 aromatic rings. The van der Waals surface area contributed by atoms with Crippen molar-refractivity contribution < 1.29 is 8.42 Å². The SMILES string of the molecule is CCCNCCCS(=O)(=O)NCC1(CC)CCCC1. The molecule has 0 atom stereocenters. The summed E-state index contributed by atoms with van der Waals surface area (Å²) in [6.45, 7) is 6.67. The molecule has 1 fully saturated rings. The van der Waals surface area contributed by atoms with Crippen LogP contribution in [-0.4, -0.2) is 33.8 Å². The molecule has 2 N–H and O–H groups in total. The molecule has 0 amide bonds. The number of rotatable bonds is 10. The Bertz CT molecular complexity index is 335. The Morgan fingerprint density at radius 2 is 1.79 bits per heavy atom. The summed E-state index contributed by atoms with van der Waals surface area (Å²) in [5, 5.41) is 3.23. The Balaban J connectivity index is 2.26. The number of sulfonamides is 1. The van der Waals surface area contributed by atoms with E-state index < -0.39 is 10.0 Å². The highest BCUT2D eigenvalue weighted by Gasteiger charge is 2.32. The Morgan fingerprint density at radius 3 is 2.37 bits per heavy atom. The molecule has 0 aromatic carbocycles. The molecule has 5 heteroatoms. The summed E-state index contributed by atoms with van der Waals surface area (Å²) in [6, 6.07) is 0. The molecular weight excluding hydrogens is 260 g/mol. The van der Waals surface area contributed by atoms with Crippen molar-refractivity contribution in [3.63, 3.8) is 0 Å². The van der Waals surface area contributed by atoms with E-state index in [1.807, 2.05) is 0 Å². The number of nitrogens with one attached hydrogen (secondary N) is 2. The third kappa shape index (κ3) is 6.23. The van der Waals surface area contributed by atoms with Crippen LogP contribution in [0.15, 0.2) is 0 Å². The van der Waals surface area contributed by atoms with Gasteiger partial charge in [-0.3, -0.25) is 0 Å². The summed E-state index contributed by atoms with van der Waals surface area (Å²) in [5.41, 5.74) is 0.230. The predicted octanol–water partition coefficient (Wildman–Crippen LogP) is 2.27. The van der Waals surface area contributed by atoms with E-state index in [0.29, 0.717) is 13.0 Å². The maximum absolute atomic E-state index is 11.9. The molecule has 0 spiro atoms. The van der Waals surface area contributed by atoms with E-state index in [9.17, 15) is 8.42 Å². The van der Waals surface area contributed by atoms with Crippen LogP contribution < -0.4 is 10.0 Å². The summed E-state index contributed by atoms with van der Waals surface area (Å²) in [7, 11) is -3.09. The van der Waals surface area contributed by atoms with Gasteiger partial charge in [0.2, 0.25) is 10.0 Å². The zero-order valence-corrected chi connectivity index (χ0v) is 13.3. The van der Waals surface area contributed by atoms with Gasteiger partial charge in [0.05, 0.1) is 5.75 Å². The Hall–Kier alpha value is -0.130. The molecule has 4 nitrogen and oxygen atoms in total. The molecule has 0 aromatic heterocycles. The molecule has 0 radical (unpaired) electrons. The lowest BCUT2D eigenvalue weighted by molar-refractivity contribution is 0.285. The van der Waals surface area contributed by atoms with E-state index >= 15 is 0 Å². The van der Waals surface area contributed by atoms with Crippen LogP contribution in [-0.2, 0) is 10.0 Å². The van der Waals surface area contributed by atoms with E-state index in [4.69, 9.17) is 0 Å². The van der Waals surface area contributed by atoms with Crippen LogP contribution in [0.25, 0.3) is 0 Å². The van der Waals surface area contributed by atoms with Gasteiger partial charge in [0.15, 0.2) is 0 Å². The average molecular weight is 290 g/mol. The molecular formula is C14H30N2O2S. The van der Waals surface area contributed by atoms with Gasteiger partial charge in [0, 0.05) is 6.54 Å². The Morgan fingerprint density at radius 1 is 1.11 bits per heavy atom. The van der Waals surface area contributed by atoms with Gasteiger partial charge in [-0.05, 0) is 50.6 Å². The monoisotopic (exact) mass is 290 g/mol. The van der Waals surface area contributed by atoms with Crippen molar-refractivity contribution in [2.45, 2.75) is 58.8 Å². The van der Waals surface area contributed by atoms with Crippen molar-refractivity contribution in [2.24, 2.45) is 5.41 Å². The van der Waals surface area contributed by atoms with Crippen molar-refractivity contribution >= 4 is 10.0 Å². The molecule has 19 heavy (non-hydrogen) atoms. The third-order valence-corrected chi connectivity index (χ3v) is 5.68. The second-order valence-electron chi connectivity index (χ2n) is 5.80. The molecule has 1 aliphatic carbocycles. The fourth-order valence-corrected chi connectivity index (χ4v) is 4.00. The molecule has 1 rings (SSSR count). The second-order valence-corrected chi connectivity index (χ2v) is 7.73. The van der Waals surface area contributed by atoms with Crippen LogP contribution in [0.1, 0.15) is 58.8 Å². The maximum Gasteiger partial charge on any atom is 0.211 e. The fourth-order valence-electron chi connectivity index (χ4n) is 2.80. The zero-order valence-electron chi connectivity index (χ0n) is 12.5. The first-order chi connectivity index (χ1) is 9.04. The lowest BCUT2D eigenvalue weighted by Crippen LogP contribution is -2.37. The smallest absolute Gasteiger partial charge is 0.211 e. The van der Waals surface area contributed by atoms with Gasteiger partial charge in [-0.2, -0.15) is 0 Å². The Kier molecular flexibility index (Phi) is 7.32. The highest BCUT2D eigenvalue weighted by molar-refractivity contribution is 7.89. The minimum atomic E-state index is -3.09. The van der Waals surface area contributed by atoms with Crippen LogP contribution in [0, 0.1) is 5.41 Å². The molecule has 0 bridgehead atoms. The minimum Gasteiger partial charge on any atom is -0.317 e. The van der Waals surface area contributed by atoms with Gasteiger partial charge >= 0.3 is 0 Å². The predicted molar refractivity (Wildman–Crippen MR) is 80.8 cm³/mol. The molecule has 0 heterocycles. The zero-order chi connectivity index (χ0) is 14.2. The topological polar surface area (TPSA) is 58.2 Å². The summed E-state index contributed by atoms with van der Waals surface area (Å²) < 4.78 is 26.7. The van der Waals surface area contributed by atoms with E-state index in [2.05, 4.69) is 23.9 Å². The molecule has 1 aliphatic rings. The van der Waals surface area contributed by atoms with Gasteiger partial charge in [-0.1, -0.05) is 26.7 Å². The molecule has 1 saturated carbocycles. The van der Waals surface area contributed by atoms with Crippen LogP contribution >= 0.6 is 0 Å². The first-order valence-electron chi connectivity index (χ1n) is 7.72. The maximum atomic E-state index is 11.9. The van der Waals surface area contributed by atoms with E-state index in [1.54, 1.807) is 0 Å². The summed E-state index contributed by atoms with van der Waals surface area (Å²) in [5.74, 6) is 0.240. The van der Waals surface area contributed by atoms with E-state index in [1.165, 1.54) is 25.7 Å². The summed E-state index contributed by atoms with van der Waals surface area (Å²) >= 11 is 0. The lowest BCUT2D eigenvalue weighted by Gasteiger charge is -2.27. The van der Waals surface area contributed by atoms with Crippen LogP contribution in [0.3, 0.4) is 0 Å². The van der Waals surface area contributed by atoms with E-state index in [0.717, 1.165) is 25.9 Å². The third-order valence-electron chi connectivity index (χ3n) is 4.27. The van der Waals surface area contributed by atoms with Gasteiger partial charge in [-0.15, -0.1) is 0 Å². The normalized spacial score (nSPS) is 18.8. The largest absolute Gasteiger partial charge is 0.317 e. The van der Waals surface area contributed by atoms with Gasteiger partial charge in [0.1, 0.15) is 0 Å². The van der Waals surface area contributed by atoms with Crippen LogP contribution in [0.4, 0.5) is 0 Å². The van der Waals surface area contributed by atoms with Crippen molar-refractivity contribution in [1.29, 1.82) is 0 Å². The number of hydrogen-bond acceptors (Lipinski definition) is 3. The quantitative estimate of drug-likeness (QED) is 0.607. The van der Waals surface area contributed by atoms with Gasteiger partial charge in [0.25, 0.3) is 0 Å². The molecule has 114 valence electrons. The summed E-state index contributed by atoms with van der Waals surface area (Å²) in [4.78, 5) is 0. The van der Waals surface area contributed by atoms with Gasteiger partial charge < -0.3 is 5.32 Å². The van der Waals surface area contributed by atoms with Gasteiger partial charge in [-0.25, -0.2) is 13.1 Å². The second kappa shape index (κ2) is 8.22. The highest BCUT2D eigenvalue weighted by Crippen LogP contribution is 2.40. The van der Waals surface area contributed by atoms with Crippen molar-refractivity contribution in [3.8, 4) is 0 Å². The first kappa shape index (κ1) is 16.9. The van der Waals surface area contributed by atoms with Crippen molar-refractivity contribution in [1.82, 2.24) is 10.0 Å². The van der Waals surface area contributed by atoms with Crippen LogP contribution in [0.2, 0.25) is 0 Å². The number of hydrogen-bond donors (Lipinski definition) is 2. The standard InChI is InChI=1S/C14H30N2O2S/c1-3-10-15-11-7-12-19(17,18)16-13-14(4-2)8-5-6-9-14/h15-16H,3-13H2,1-2H3. The highest BCUT2D eigenvalue weighted by atomic mass is 32.2. The van der Waals surface area contributed by atoms with Crippen molar-refractivity contribution in [2.75, 3.05) is 25.4 Å². The minimum absolute atomic E-state index is 0.230.